The third-order valence-corrected chi connectivity index (χ3v) is 10.9. The largest absolute Gasteiger partial charge is 0.338 e. The molecule has 1 heterocycles. The summed E-state index contributed by atoms with van der Waals surface area (Å²) in [6.07, 6.45) is 2.57. The molecule has 1 aromatic rings. The summed E-state index contributed by atoms with van der Waals surface area (Å²) >= 11 is 0. The Morgan fingerprint density at radius 2 is 1.55 bits per heavy atom. The molecule has 1 unspecified atom stereocenters. The zero-order chi connectivity index (χ0) is 19.4. The van der Waals surface area contributed by atoms with Crippen molar-refractivity contribution >= 4 is 11.8 Å². The van der Waals surface area contributed by atoms with Gasteiger partial charge in [-0.25, -0.2) is 0 Å². The van der Waals surface area contributed by atoms with Gasteiger partial charge in [-0.3, -0.25) is 9.59 Å². The number of rotatable bonds is 3. The second kappa shape index (κ2) is 4.43. The lowest BCUT2D eigenvalue weighted by molar-refractivity contribution is -0.638. The standard InChI is InChI=1S/C25H28N2O2/c1-12-11-26(23(29)25-19-16-20(25)18-21(25)17(19)24(16,18)2)9-10-27(12)22(28)15-7-5-14(6-8-15)13-3-4-13/h5-8,12-13,16-21H,3-4,9-11H2,1-2H3. The van der Waals surface area contributed by atoms with Crippen molar-refractivity contribution in [1.29, 1.82) is 0 Å². The molecule has 1 aliphatic heterocycles. The zero-order valence-corrected chi connectivity index (χ0v) is 17.2. The van der Waals surface area contributed by atoms with Crippen molar-refractivity contribution in [3.8, 4) is 0 Å². The number of hydrogen-bond donors (Lipinski definition) is 0. The fraction of sp³-hybridized carbons (Fsp3) is 0.680. The third kappa shape index (κ3) is 1.35. The molecule has 8 fully saturated rings. The van der Waals surface area contributed by atoms with Gasteiger partial charge in [-0.1, -0.05) is 19.1 Å². The molecule has 4 nitrogen and oxygen atoms in total. The smallest absolute Gasteiger partial charge is 0.254 e. The molecule has 0 radical (unpaired) electrons. The van der Waals surface area contributed by atoms with E-state index in [9.17, 15) is 9.59 Å². The molecule has 1 atom stereocenters. The van der Waals surface area contributed by atoms with Gasteiger partial charge in [-0.05, 0) is 84.3 Å². The minimum absolute atomic E-state index is 0.0717. The van der Waals surface area contributed by atoms with Crippen LogP contribution in [-0.4, -0.2) is 47.3 Å². The molecule has 1 saturated heterocycles. The Morgan fingerprint density at radius 3 is 2.10 bits per heavy atom. The average Bonchev–Trinajstić information content (AvgIpc) is 3.59. The monoisotopic (exact) mass is 388 g/mol. The van der Waals surface area contributed by atoms with Crippen LogP contribution in [0.1, 0.15) is 48.5 Å². The van der Waals surface area contributed by atoms with Crippen LogP contribution in [-0.2, 0) is 4.79 Å². The van der Waals surface area contributed by atoms with E-state index < -0.39 is 0 Å². The maximum atomic E-state index is 13.5. The van der Waals surface area contributed by atoms with Crippen molar-refractivity contribution in [3.05, 3.63) is 35.4 Å². The Hall–Kier alpha value is -1.84. The number of benzene rings is 1. The zero-order valence-electron chi connectivity index (χ0n) is 17.2. The fourth-order valence-electron chi connectivity index (χ4n) is 9.69. The number of hydrogen-bond acceptors (Lipinski definition) is 2. The molecule has 7 saturated carbocycles. The van der Waals surface area contributed by atoms with Crippen molar-refractivity contribution in [2.75, 3.05) is 19.6 Å². The van der Waals surface area contributed by atoms with Gasteiger partial charge >= 0.3 is 0 Å². The van der Waals surface area contributed by atoms with Crippen LogP contribution in [0.5, 0.6) is 0 Å². The number of carbonyl (C=O) groups excluding carboxylic acids is 2. The molecule has 0 spiro atoms. The van der Waals surface area contributed by atoms with Gasteiger partial charge in [-0.2, -0.15) is 0 Å². The first kappa shape index (κ1) is 15.9. The van der Waals surface area contributed by atoms with E-state index in [0.717, 1.165) is 47.0 Å². The van der Waals surface area contributed by atoms with Crippen molar-refractivity contribution < 1.29 is 9.59 Å². The second-order valence-corrected chi connectivity index (χ2v) is 11.4. The predicted octanol–water partition coefficient (Wildman–Crippen LogP) is 2.99. The van der Waals surface area contributed by atoms with Gasteiger partial charge in [0.1, 0.15) is 0 Å². The van der Waals surface area contributed by atoms with E-state index in [0.29, 0.717) is 31.0 Å². The first-order valence-corrected chi connectivity index (χ1v) is 11.7. The molecular weight excluding hydrogens is 360 g/mol. The normalized spacial score (nSPS) is 51.7. The Balaban J connectivity index is 0.969. The molecule has 7 aliphatic carbocycles. The minimum atomic E-state index is 0.0717. The molecule has 4 heteroatoms. The van der Waals surface area contributed by atoms with Crippen LogP contribution in [0.2, 0.25) is 0 Å². The highest BCUT2D eigenvalue weighted by Crippen LogP contribution is 3.10. The van der Waals surface area contributed by atoms with Gasteiger partial charge in [0.25, 0.3) is 5.91 Å². The maximum Gasteiger partial charge on any atom is 0.254 e. The summed E-state index contributed by atoms with van der Waals surface area (Å²) < 4.78 is 0. The summed E-state index contributed by atoms with van der Waals surface area (Å²) in [6, 6.07) is 8.34. The van der Waals surface area contributed by atoms with E-state index in [1.54, 1.807) is 0 Å². The molecule has 0 aromatic heterocycles. The predicted molar refractivity (Wildman–Crippen MR) is 107 cm³/mol. The Kier molecular flexibility index (Phi) is 2.43. The van der Waals surface area contributed by atoms with Gasteiger partial charge in [0.05, 0.1) is 5.41 Å². The molecule has 150 valence electrons. The number of carbonyl (C=O) groups is 2. The molecule has 0 N–H and O–H groups in total. The van der Waals surface area contributed by atoms with Gasteiger partial charge < -0.3 is 9.80 Å². The van der Waals surface area contributed by atoms with Crippen LogP contribution < -0.4 is 0 Å². The summed E-state index contributed by atoms with van der Waals surface area (Å²) in [5, 5.41) is 0. The lowest BCUT2D eigenvalue weighted by Crippen LogP contribution is -3.10. The van der Waals surface area contributed by atoms with Gasteiger partial charge in [0.15, 0.2) is 0 Å². The molecule has 9 rings (SSSR count). The van der Waals surface area contributed by atoms with Gasteiger partial charge in [0.2, 0.25) is 5.91 Å². The quantitative estimate of drug-likeness (QED) is 0.799. The van der Waals surface area contributed by atoms with Crippen molar-refractivity contribution in [2.45, 2.75) is 38.6 Å². The van der Waals surface area contributed by atoms with E-state index in [-0.39, 0.29) is 17.4 Å². The number of amides is 2. The maximum absolute atomic E-state index is 13.5. The van der Waals surface area contributed by atoms with Crippen LogP contribution in [0.4, 0.5) is 0 Å². The fourth-order valence-corrected chi connectivity index (χ4v) is 9.69. The van der Waals surface area contributed by atoms with Gasteiger partial charge in [-0.15, -0.1) is 0 Å². The van der Waals surface area contributed by atoms with E-state index in [2.05, 4.69) is 30.9 Å². The molecule has 1 aromatic carbocycles. The number of piperazine rings is 1. The number of nitrogens with zero attached hydrogens (tertiary/aromatic N) is 2. The van der Waals surface area contributed by atoms with Crippen molar-refractivity contribution in [1.82, 2.24) is 9.80 Å². The highest BCUT2D eigenvalue weighted by Gasteiger charge is 3.10. The Bertz CT molecular complexity index is 939. The Morgan fingerprint density at radius 1 is 0.931 bits per heavy atom. The molecule has 0 bridgehead atoms. The first-order chi connectivity index (χ1) is 14.0. The second-order valence-electron chi connectivity index (χ2n) is 11.4. The average molecular weight is 389 g/mol. The van der Waals surface area contributed by atoms with Gasteiger partial charge in [0, 0.05) is 31.2 Å². The topological polar surface area (TPSA) is 40.6 Å². The lowest BCUT2D eigenvalue weighted by atomic mass is 8.92. The summed E-state index contributed by atoms with van der Waals surface area (Å²) in [7, 11) is 0. The van der Waals surface area contributed by atoms with Crippen LogP contribution in [0, 0.1) is 46.3 Å². The minimum Gasteiger partial charge on any atom is -0.338 e. The Labute approximate surface area is 171 Å². The highest BCUT2D eigenvalue weighted by atomic mass is 16.2. The SMILES string of the molecule is CC1CN(C(=O)C23C4C5C2C2C3C4C52C)CCN1C(=O)c1ccc(C2CC2)cc1. The summed E-state index contributed by atoms with van der Waals surface area (Å²) in [5.41, 5.74) is 2.89. The molecule has 29 heavy (non-hydrogen) atoms. The van der Waals surface area contributed by atoms with E-state index in [1.807, 2.05) is 17.0 Å². The summed E-state index contributed by atoms with van der Waals surface area (Å²) in [6.45, 7) is 6.67. The van der Waals surface area contributed by atoms with Crippen LogP contribution >= 0.6 is 0 Å². The lowest BCUT2D eigenvalue weighted by Gasteiger charge is -3.10. The summed E-state index contributed by atoms with van der Waals surface area (Å²) in [4.78, 5) is 30.7. The third-order valence-electron chi connectivity index (χ3n) is 10.9. The van der Waals surface area contributed by atoms with Crippen molar-refractivity contribution in [2.24, 2.45) is 46.3 Å². The first-order valence-electron chi connectivity index (χ1n) is 11.7. The van der Waals surface area contributed by atoms with Crippen molar-refractivity contribution in [3.63, 3.8) is 0 Å². The molecule has 8 aliphatic rings. The summed E-state index contributed by atoms with van der Waals surface area (Å²) in [5.74, 6) is 6.18. The van der Waals surface area contributed by atoms with Crippen LogP contribution in [0.15, 0.2) is 24.3 Å². The molecular formula is C25H28N2O2. The molecule has 2 amide bonds. The van der Waals surface area contributed by atoms with E-state index in [4.69, 9.17) is 0 Å². The van der Waals surface area contributed by atoms with E-state index in [1.165, 1.54) is 18.4 Å². The van der Waals surface area contributed by atoms with E-state index >= 15 is 0 Å². The van der Waals surface area contributed by atoms with Crippen LogP contribution in [0.25, 0.3) is 0 Å². The van der Waals surface area contributed by atoms with Crippen LogP contribution in [0.3, 0.4) is 0 Å². The highest BCUT2D eigenvalue weighted by molar-refractivity contribution is 5.95.